The maximum atomic E-state index is 13.5. The molecule has 0 radical (unpaired) electrons. The van der Waals surface area contributed by atoms with E-state index in [9.17, 15) is 13.6 Å². The third-order valence-electron chi connectivity index (χ3n) is 2.46. The summed E-state index contributed by atoms with van der Waals surface area (Å²) in [6.07, 6.45) is 0. The second-order valence-electron chi connectivity index (χ2n) is 3.92. The van der Waals surface area contributed by atoms with Gasteiger partial charge in [-0.3, -0.25) is 4.79 Å². The predicted octanol–water partition coefficient (Wildman–Crippen LogP) is 4.75. The quantitative estimate of drug-likeness (QED) is 0.686. The zero-order valence-electron chi connectivity index (χ0n) is 10.00. The van der Waals surface area contributed by atoms with Crippen LogP contribution in [0.3, 0.4) is 0 Å². The minimum absolute atomic E-state index is 0.122. The van der Waals surface area contributed by atoms with Crippen molar-refractivity contribution in [2.24, 2.45) is 0 Å². The number of hydrogen-bond acceptors (Lipinski definition) is 2. The van der Waals surface area contributed by atoms with Crippen LogP contribution >= 0.6 is 31.9 Å². The van der Waals surface area contributed by atoms with Gasteiger partial charge in [0, 0.05) is 16.1 Å². The van der Waals surface area contributed by atoms with Gasteiger partial charge >= 0.3 is 0 Å². The molecule has 6 heteroatoms. The van der Waals surface area contributed by atoms with Crippen LogP contribution in [0.5, 0.6) is 5.75 Å². The van der Waals surface area contributed by atoms with Gasteiger partial charge in [0.2, 0.25) is 0 Å². The molecule has 20 heavy (non-hydrogen) atoms. The van der Waals surface area contributed by atoms with E-state index in [1.54, 1.807) is 24.3 Å². The van der Waals surface area contributed by atoms with E-state index >= 15 is 0 Å². The zero-order chi connectivity index (χ0) is 14.7. The fraction of sp³-hybridized carbons (Fsp3) is 0.0714. The van der Waals surface area contributed by atoms with E-state index in [1.807, 2.05) is 0 Å². The van der Waals surface area contributed by atoms with Crippen LogP contribution in [0.4, 0.5) is 8.78 Å². The Bertz CT molecular complexity index is 636. The molecular weight excluding hydrogens is 398 g/mol. The minimum atomic E-state index is -0.862. The fourth-order valence-electron chi connectivity index (χ4n) is 1.55. The van der Waals surface area contributed by atoms with Crippen LogP contribution in [0.15, 0.2) is 45.3 Å². The summed E-state index contributed by atoms with van der Waals surface area (Å²) < 4.78 is 32.4. The number of carbonyl (C=O) groups excluding carboxylic acids is 1. The third kappa shape index (κ3) is 3.64. The highest BCUT2D eigenvalue weighted by atomic mass is 79.9. The molecule has 0 saturated heterocycles. The van der Waals surface area contributed by atoms with E-state index in [0.29, 0.717) is 11.6 Å². The van der Waals surface area contributed by atoms with Gasteiger partial charge in [-0.1, -0.05) is 28.1 Å². The number of benzene rings is 2. The van der Waals surface area contributed by atoms with Crippen molar-refractivity contribution >= 4 is 37.6 Å². The van der Waals surface area contributed by atoms with Gasteiger partial charge in [0.05, 0.1) is 4.47 Å². The van der Waals surface area contributed by atoms with Crippen molar-refractivity contribution in [2.45, 2.75) is 0 Å². The molecular formula is C14H8Br2F2O2. The molecule has 0 aromatic heterocycles. The lowest BCUT2D eigenvalue weighted by Gasteiger charge is -2.09. The summed E-state index contributed by atoms with van der Waals surface area (Å²) in [7, 11) is 0. The first-order valence-electron chi connectivity index (χ1n) is 5.53. The molecule has 0 aliphatic carbocycles. The third-order valence-corrected chi connectivity index (χ3v) is 3.54. The van der Waals surface area contributed by atoms with Crippen molar-refractivity contribution in [1.82, 2.24) is 0 Å². The van der Waals surface area contributed by atoms with Gasteiger partial charge in [-0.15, -0.1) is 0 Å². The highest BCUT2D eigenvalue weighted by molar-refractivity contribution is 9.10. The Labute approximate surface area is 131 Å². The number of halogens is 4. The molecule has 0 unspecified atom stereocenters. The van der Waals surface area contributed by atoms with Gasteiger partial charge in [-0.25, -0.2) is 8.78 Å². The Morgan fingerprint density at radius 2 is 1.90 bits per heavy atom. The number of rotatable bonds is 4. The molecule has 0 saturated carbocycles. The molecule has 0 heterocycles. The van der Waals surface area contributed by atoms with E-state index in [0.717, 1.165) is 10.5 Å². The second-order valence-corrected chi connectivity index (χ2v) is 5.69. The van der Waals surface area contributed by atoms with E-state index in [1.165, 1.54) is 0 Å². The van der Waals surface area contributed by atoms with Gasteiger partial charge in [0.25, 0.3) is 0 Å². The lowest BCUT2D eigenvalue weighted by atomic mass is 10.1. The summed E-state index contributed by atoms with van der Waals surface area (Å²) in [4.78, 5) is 11.9. The van der Waals surface area contributed by atoms with Crippen LogP contribution < -0.4 is 4.74 Å². The fourth-order valence-corrected chi connectivity index (χ4v) is 2.47. The van der Waals surface area contributed by atoms with Crippen LogP contribution in [0.1, 0.15) is 10.4 Å². The van der Waals surface area contributed by atoms with Gasteiger partial charge in [0.15, 0.2) is 24.0 Å². The van der Waals surface area contributed by atoms with E-state index in [4.69, 9.17) is 4.74 Å². The number of Topliss-reactive ketones (excluding diaryl/α,β-unsaturated/α-hetero) is 1. The first-order valence-corrected chi connectivity index (χ1v) is 7.12. The number of ketones is 1. The number of ether oxygens (including phenoxy) is 1. The molecule has 104 valence electrons. The molecule has 0 bridgehead atoms. The molecule has 2 rings (SSSR count). The zero-order valence-corrected chi connectivity index (χ0v) is 13.2. The van der Waals surface area contributed by atoms with Gasteiger partial charge in [-0.05, 0) is 34.1 Å². The molecule has 0 atom stereocenters. The maximum absolute atomic E-state index is 13.5. The van der Waals surface area contributed by atoms with Crippen molar-refractivity contribution in [1.29, 1.82) is 0 Å². The Morgan fingerprint density at radius 3 is 2.55 bits per heavy atom. The molecule has 0 aliphatic heterocycles. The van der Waals surface area contributed by atoms with Crippen LogP contribution in [0.25, 0.3) is 0 Å². The summed E-state index contributed by atoms with van der Waals surface area (Å²) in [6, 6.07) is 8.54. The number of hydrogen-bond donors (Lipinski definition) is 0. The standard InChI is InChI=1S/C14H8Br2F2O2/c15-9-3-1-2-8(4-9)13(19)7-20-14-11(16)5-10(17)6-12(14)18/h1-6H,7H2. The molecule has 2 aromatic rings. The minimum Gasteiger partial charge on any atom is -0.481 e. The Kier molecular flexibility index (Phi) is 4.88. The van der Waals surface area contributed by atoms with E-state index < -0.39 is 11.6 Å². The van der Waals surface area contributed by atoms with Gasteiger partial charge in [-0.2, -0.15) is 0 Å². The summed E-state index contributed by atoms with van der Waals surface area (Å²) in [5.41, 5.74) is 0.443. The smallest absolute Gasteiger partial charge is 0.200 e. The van der Waals surface area contributed by atoms with Crippen molar-refractivity contribution in [3.8, 4) is 5.75 Å². The second kappa shape index (κ2) is 6.45. The van der Waals surface area contributed by atoms with Crippen LogP contribution in [0, 0.1) is 11.6 Å². The Morgan fingerprint density at radius 1 is 1.15 bits per heavy atom. The van der Waals surface area contributed by atoms with Crippen molar-refractivity contribution < 1.29 is 18.3 Å². The Balaban J connectivity index is 2.11. The highest BCUT2D eigenvalue weighted by Gasteiger charge is 2.14. The largest absolute Gasteiger partial charge is 0.481 e. The Hall–Kier alpha value is -1.27. The average Bonchev–Trinajstić information content (AvgIpc) is 2.37. The predicted molar refractivity (Wildman–Crippen MR) is 78.0 cm³/mol. The highest BCUT2D eigenvalue weighted by Crippen LogP contribution is 2.29. The molecule has 2 nitrogen and oxygen atoms in total. The lowest BCUT2D eigenvalue weighted by Crippen LogP contribution is -2.12. The van der Waals surface area contributed by atoms with Crippen LogP contribution in [-0.4, -0.2) is 12.4 Å². The van der Waals surface area contributed by atoms with Gasteiger partial charge < -0.3 is 4.74 Å². The first-order chi connectivity index (χ1) is 9.47. The van der Waals surface area contributed by atoms with Crippen molar-refractivity contribution in [2.75, 3.05) is 6.61 Å². The monoisotopic (exact) mass is 404 g/mol. The first kappa shape index (κ1) is 15.1. The van der Waals surface area contributed by atoms with Crippen LogP contribution in [0.2, 0.25) is 0 Å². The van der Waals surface area contributed by atoms with Crippen LogP contribution in [-0.2, 0) is 0 Å². The molecule has 0 N–H and O–H groups in total. The topological polar surface area (TPSA) is 26.3 Å². The molecule has 0 spiro atoms. The summed E-state index contributed by atoms with van der Waals surface area (Å²) in [5, 5.41) is 0. The maximum Gasteiger partial charge on any atom is 0.200 e. The summed E-state index contributed by atoms with van der Waals surface area (Å²) in [6.45, 7) is -0.336. The molecule has 0 aliphatic rings. The van der Waals surface area contributed by atoms with Crippen molar-refractivity contribution in [3.05, 3.63) is 62.5 Å². The number of carbonyl (C=O) groups is 1. The van der Waals surface area contributed by atoms with E-state index in [2.05, 4.69) is 31.9 Å². The van der Waals surface area contributed by atoms with E-state index in [-0.39, 0.29) is 22.6 Å². The lowest BCUT2D eigenvalue weighted by molar-refractivity contribution is 0.0918. The SMILES string of the molecule is O=C(COc1c(F)cc(F)cc1Br)c1cccc(Br)c1. The summed E-state index contributed by atoms with van der Waals surface area (Å²) >= 11 is 6.25. The molecule has 0 amide bonds. The summed E-state index contributed by atoms with van der Waals surface area (Å²) in [5.74, 6) is -2.07. The molecule has 2 aromatic carbocycles. The molecule has 0 fully saturated rings. The van der Waals surface area contributed by atoms with Gasteiger partial charge in [0.1, 0.15) is 5.82 Å². The normalized spacial score (nSPS) is 10.4. The average molecular weight is 406 g/mol. The van der Waals surface area contributed by atoms with Crippen molar-refractivity contribution in [3.63, 3.8) is 0 Å².